The second kappa shape index (κ2) is 8.62. The number of fused-ring (bicyclic) bond motifs is 1. The normalized spacial score (nSPS) is 29.0. The molecule has 1 aliphatic heterocycles. The first kappa shape index (κ1) is 25.6. The summed E-state index contributed by atoms with van der Waals surface area (Å²) in [5.41, 5.74) is 2.34. The Bertz CT molecular complexity index is 1190. The average Bonchev–Trinajstić information content (AvgIpc) is 3.18. The lowest BCUT2D eigenvalue weighted by Crippen LogP contribution is -2.40. The average molecular weight is 491 g/mol. The predicted molar refractivity (Wildman–Crippen MR) is 116 cm³/mol. The molecule has 8 N–H and O–H groups in total. The summed E-state index contributed by atoms with van der Waals surface area (Å²) >= 11 is 0. The first-order valence-corrected chi connectivity index (χ1v) is 12.0. The van der Waals surface area contributed by atoms with Gasteiger partial charge in [-0.1, -0.05) is 13.8 Å². The highest BCUT2D eigenvalue weighted by atomic mass is 31.2. The number of imidazole rings is 1. The van der Waals surface area contributed by atoms with E-state index in [1.165, 1.54) is 20.8 Å². The van der Waals surface area contributed by atoms with E-state index in [-0.39, 0.29) is 36.4 Å². The third-order valence-corrected chi connectivity index (χ3v) is 8.41. The van der Waals surface area contributed by atoms with Gasteiger partial charge in [-0.05, 0) is 26.7 Å². The molecule has 0 bridgehead atoms. The number of aliphatic hydroxyl groups is 3. The van der Waals surface area contributed by atoms with Gasteiger partial charge in [0, 0.05) is 6.42 Å². The van der Waals surface area contributed by atoms with Crippen LogP contribution in [0.2, 0.25) is 0 Å². The van der Waals surface area contributed by atoms with Crippen LogP contribution in [0, 0.1) is 0 Å². The van der Waals surface area contributed by atoms with E-state index in [9.17, 15) is 34.4 Å². The zero-order valence-corrected chi connectivity index (χ0v) is 19.6. The number of nitrogens with one attached hydrogen (secondary N) is 2. The van der Waals surface area contributed by atoms with Gasteiger partial charge in [-0.2, -0.15) is 4.98 Å². The third-order valence-electron chi connectivity index (χ3n) is 6.19. The SMILES string of the molecule is CCC(C)(CC1O[C@@H](n2c(=O)[nH]c3c(=O)[nH]c(N)nc32)[C@H](O)[C@@H]1O)OP(=O)(O)C(C)(O)CC. The molecule has 4 unspecified atom stereocenters. The van der Waals surface area contributed by atoms with Crippen molar-refractivity contribution < 1.29 is 34.0 Å². The van der Waals surface area contributed by atoms with Gasteiger partial charge in [-0.15, -0.1) is 0 Å². The standard InChI is InChI=1S/C18H30N5O9P/c1-5-17(3,32-33(29,30)18(4,28)6-2)7-8-10(24)11(25)14(31-8)23-12-9(20-16(23)27)13(26)22-15(19)21-12/h8,10-11,14,24-25,28H,5-7H2,1-4H3,(H,20,27)(H,29,30)(H3,19,21,22,26)/t8?,10-,11-,14-,17?,18?/m1/s1. The summed E-state index contributed by atoms with van der Waals surface area (Å²) in [5.74, 6) is -0.265. The lowest BCUT2D eigenvalue weighted by atomic mass is 9.93. The molecule has 7 atom stereocenters. The van der Waals surface area contributed by atoms with Gasteiger partial charge in [-0.3, -0.25) is 19.3 Å². The van der Waals surface area contributed by atoms with E-state index in [2.05, 4.69) is 15.0 Å². The molecule has 0 aliphatic carbocycles. The van der Waals surface area contributed by atoms with E-state index in [4.69, 9.17) is 15.0 Å². The lowest BCUT2D eigenvalue weighted by molar-refractivity contribution is -0.0698. The van der Waals surface area contributed by atoms with Crippen molar-refractivity contribution in [2.45, 2.75) is 82.4 Å². The summed E-state index contributed by atoms with van der Waals surface area (Å²) in [4.78, 5) is 43.4. The van der Waals surface area contributed by atoms with Crippen molar-refractivity contribution in [3.05, 3.63) is 20.8 Å². The van der Waals surface area contributed by atoms with Crippen LogP contribution in [0.3, 0.4) is 0 Å². The first-order chi connectivity index (χ1) is 15.2. The second-order valence-corrected chi connectivity index (χ2v) is 10.9. The molecule has 3 rings (SSSR count). The quantitative estimate of drug-likeness (QED) is 0.233. The Morgan fingerprint density at radius 1 is 1.21 bits per heavy atom. The molecule has 186 valence electrons. The van der Waals surface area contributed by atoms with Gasteiger partial charge >= 0.3 is 13.3 Å². The summed E-state index contributed by atoms with van der Waals surface area (Å²) in [5, 5.41) is 29.5. The maximum Gasteiger partial charge on any atom is 0.359 e. The molecule has 0 radical (unpaired) electrons. The molecule has 33 heavy (non-hydrogen) atoms. The van der Waals surface area contributed by atoms with Gasteiger partial charge in [0.05, 0.1) is 11.7 Å². The number of anilines is 1. The van der Waals surface area contributed by atoms with Gasteiger partial charge in [0.2, 0.25) is 5.95 Å². The number of nitrogens with two attached hydrogens (primary N) is 1. The Balaban J connectivity index is 1.92. The van der Waals surface area contributed by atoms with E-state index in [1.807, 2.05) is 0 Å². The van der Waals surface area contributed by atoms with Crippen LogP contribution in [0.5, 0.6) is 0 Å². The van der Waals surface area contributed by atoms with E-state index < -0.39 is 54.3 Å². The summed E-state index contributed by atoms with van der Waals surface area (Å²) < 4.78 is 24.8. The number of H-pyrrole nitrogens is 2. The summed E-state index contributed by atoms with van der Waals surface area (Å²) in [6.45, 7) is 5.91. The summed E-state index contributed by atoms with van der Waals surface area (Å²) in [7, 11) is -4.51. The molecule has 0 aromatic carbocycles. The lowest BCUT2D eigenvalue weighted by Gasteiger charge is -2.37. The molecule has 0 saturated carbocycles. The number of nitrogens with zero attached hydrogens (tertiary/aromatic N) is 2. The second-order valence-electron chi connectivity index (χ2n) is 8.69. The Morgan fingerprint density at radius 3 is 2.42 bits per heavy atom. The topological polar surface area (TPSA) is 226 Å². The van der Waals surface area contributed by atoms with E-state index >= 15 is 0 Å². The number of hydrogen-bond acceptors (Lipinski definition) is 10. The number of nitrogen functional groups attached to an aromatic ring is 1. The smallest absolute Gasteiger partial charge is 0.359 e. The number of aromatic amines is 2. The Labute approximate surface area is 187 Å². The molecule has 0 amide bonds. The fourth-order valence-corrected chi connectivity index (χ4v) is 5.04. The number of ether oxygens (including phenoxy) is 1. The number of aromatic nitrogens is 4. The molecule has 1 fully saturated rings. The van der Waals surface area contributed by atoms with Crippen LogP contribution in [0.25, 0.3) is 11.2 Å². The molecular formula is C18H30N5O9P. The van der Waals surface area contributed by atoms with Crippen LogP contribution in [0.15, 0.2) is 9.59 Å². The maximum atomic E-state index is 12.7. The molecule has 15 heteroatoms. The van der Waals surface area contributed by atoms with Crippen molar-refractivity contribution in [3.8, 4) is 0 Å². The van der Waals surface area contributed by atoms with Crippen molar-refractivity contribution in [1.82, 2.24) is 19.5 Å². The maximum absolute atomic E-state index is 12.7. The molecule has 3 heterocycles. The predicted octanol–water partition coefficient (Wildman–Crippen LogP) is -0.506. The van der Waals surface area contributed by atoms with Crippen LogP contribution < -0.4 is 17.0 Å². The Hall–Kier alpha value is -2.06. The highest BCUT2D eigenvalue weighted by Gasteiger charge is 2.51. The monoisotopic (exact) mass is 491 g/mol. The zero-order valence-electron chi connectivity index (χ0n) is 18.7. The van der Waals surface area contributed by atoms with E-state index in [0.29, 0.717) is 0 Å². The Morgan fingerprint density at radius 2 is 1.85 bits per heavy atom. The van der Waals surface area contributed by atoms with Crippen molar-refractivity contribution in [3.63, 3.8) is 0 Å². The van der Waals surface area contributed by atoms with Crippen molar-refractivity contribution >= 4 is 24.7 Å². The van der Waals surface area contributed by atoms with Crippen molar-refractivity contribution in [1.29, 1.82) is 0 Å². The van der Waals surface area contributed by atoms with Crippen molar-refractivity contribution in [2.75, 3.05) is 5.73 Å². The van der Waals surface area contributed by atoms with Crippen molar-refractivity contribution in [2.24, 2.45) is 0 Å². The molecule has 2 aromatic rings. The van der Waals surface area contributed by atoms with Crippen LogP contribution in [0.4, 0.5) is 5.95 Å². The largest absolute Gasteiger partial charge is 0.388 e. The number of aliphatic hydroxyl groups excluding tert-OH is 2. The van der Waals surface area contributed by atoms with Crippen LogP contribution in [0.1, 0.15) is 53.2 Å². The molecule has 14 nitrogen and oxygen atoms in total. The van der Waals surface area contributed by atoms with Gasteiger partial charge < -0.3 is 35.2 Å². The van der Waals surface area contributed by atoms with Crippen LogP contribution in [-0.2, 0) is 13.8 Å². The van der Waals surface area contributed by atoms with Gasteiger partial charge in [0.1, 0.15) is 12.2 Å². The number of hydrogen-bond donors (Lipinski definition) is 7. The molecule has 1 saturated heterocycles. The van der Waals surface area contributed by atoms with Crippen LogP contribution >= 0.6 is 7.60 Å². The molecule has 2 aromatic heterocycles. The summed E-state index contributed by atoms with van der Waals surface area (Å²) in [6, 6.07) is 0. The number of rotatable bonds is 8. The zero-order chi connectivity index (χ0) is 24.9. The first-order valence-electron chi connectivity index (χ1n) is 10.4. The van der Waals surface area contributed by atoms with E-state index in [0.717, 1.165) is 4.57 Å². The highest BCUT2D eigenvalue weighted by molar-refractivity contribution is 7.54. The molecule has 1 aliphatic rings. The van der Waals surface area contributed by atoms with Gasteiger partial charge in [0.15, 0.2) is 22.7 Å². The summed E-state index contributed by atoms with van der Waals surface area (Å²) in [6.07, 6.45) is -5.66. The highest BCUT2D eigenvalue weighted by Crippen LogP contribution is 2.59. The minimum Gasteiger partial charge on any atom is -0.388 e. The minimum atomic E-state index is -4.51. The minimum absolute atomic E-state index is 0.0390. The van der Waals surface area contributed by atoms with Gasteiger partial charge in [-0.25, -0.2) is 9.36 Å². The molecule has 0 spiro atoms. The van der Waals surface area contributed by atoms with Crippen LogP contribution in [-0.4, -0.2) is 69.0 Å². The Kier molecular flexibility index (Phi) is 6.68. The van der Waals surface area contributed by atoms with E-state index in [1.54, 1.807) is 6.92 Å². The fourth-order valence-electron chi connectivity index (χ4n) is 3.64. The third kappa shape index (κ3) is 4.52. The fraction of sp³-hybridized carbons (Fsp3) is 0.722. The van der Waals surface area contributed by atoms with Gasteiger partial charge in [0.25, 0.3) is 5.56 Å². The molecular weight excluding hydrogens is 461 g/mol.